The van der Waals surface area contributed by atoms with Crippen LogP contribution >= 0.6 is 0 Å². The number of aliphatic carboxylic acids is 1. The lowest BCUT2D eigenvalue weighted by molar-refractivity contribution is -0.132. The first-order chi connectivity index (χ1) is 7.18. The van der Waals surface area contributed by atoms with Gasteiger partial charge in [-0.2, -0.15) is 0 Å². The van der Waals surface area contributed by atoms with Crippen LogP contribution in [0.25, 0.3) is 0 Å². The molecule has 0 aromatic carbocycles. The SMILES string of the molecule is O=C(O)C1=CC=C/C1=C(/O)OCC1CO1. The van der Waals surface area contributed by atoms with Crippen molar-refractivity contribution < 1.29 is 24.5 Å². The van der Waals surface area contributed by atoms with Crippen LogP contribution in [0.4, 0.5) is 0 Å². The van der Waals surface area contributed by atoms with Crippen LogP contribution in [0, 0.1) is 0 Å². The predicted molar refractivity (Wildman–Crippen MR) is 50.2 cm³/mol. The molecule has 0 amide bonds. The lowest BCUT2D eigenvalue weighted by Gasteiger charge is -2.06. The minimum Gasteiger partial charge on any atom is -0.481 e. The Balaban J connectivity index is 2.05. The van der Waals surface area contributed by atoms with Crippen molar-refractivity contribution in [2.45, 2.75) is 6.10 Å². The Kier molecular flexibility index (Phi) is 2.47. The van der Waals surface area contributed by atoms with Crippen LogP contribution in [0.15, 0.2) is 35.3 Å². The largest absolute Gasteiger partial charge is 0.481 e. The van der Waals surface area contributed by atoms with Gasteiger partial charge in [-0.15, -0.1) is 0 Å². The summed E-state index contributed by atoms with van der Waals surface area (Å²) in [7, 11) is 0. The molecule has 0 saturated carbocycles. The summed E-state index contributed by atoms with van der Waals surface area (Å²) >= 11 is 0. The zero-order valence-electron chi connectivity index (χ0n) is 7.84. The molecule has 0 bridgehead atoms. The first-order valence-corrected chi connectivity index (χ1v) is 4.48. The number of aliphatic hydroxyl groups excluding tert-OH is 1. The smallest absolute Gasteiger partial charge is 0.336 e. The number of epoxide rings is 1. The molecule has 2 aliphatic rings. The summed E-state index contributed by atoms with van der Waals surface area (Å²) in [5.74, 6) is -1.46. The Hall–Kier alpha value is -1.75. The lowest BCUT2D eigenvalue weighted by atomic mass is 10.1. The highest BCUT2D eigenvalue weighted by Crippen LogP contribution is 2.22. The second kappa shape index (κ2) is 3.78. The van der Waals surface area contributed by atoms with E-state index in [2.05, 4.69) is 0 Å². The number of ether oxygens (including phenoxy) is 2. The maximum atomic E-state index is 10.7. The molecule has 1 heterocycles. The van der Waals surface area contributed by atoms with Gasteiger partial charge in [0.25, 0.3) is 5.95 Å². The summed E-state index contributed by atoms with van der Waals surface area (Å²) in [6, 6.07) is 0. The molecule has 2 rings (SSSR count). The van der Waals surface area contributed by atoms with Crippen LogP contribution < -0.4 is 0 Å². The van der Waals surface area contributed by atoms with Gasteiger partial charge in [-0.05, 0) is 12.2 Å². The van der Waals surface area contributed by atoms with Crippen LogP contribution in [0.1, 0.15) is 0 Å². The molecule has 1 aliphatic carbocycles. The van der Waals surface area contributed by atoms with Gasteiger partial charge >= 0.3 is 5.97 Å². The van der Waals surface area contributed by atoms with Gasteiger partial charge in [0.1, 0.15) is 12.7 Å². The summed E-state index contributed by atoms with van der Waals surface area (Å²) in [5.41, 5.74) is 0.229. The van der Waals surface area contributed by atoms with E-state index in [9.17, 15) is 9.90 Å². The van der Waals surface area contributed by atoms with E-state index in [4.69, 9.17) is 14.6 Å². The fraction of sp³-hybridized carbons (Fsp3) is 0.300. The van der Waals surface area contributed by atoms with Gasteiger partial charge in [-0.25, -0.2) is 4.79 Å². The molecule has 1 atom stereocenters. The first-order valence-electron chi connectivity index (χ1n) is 4.48. The number of aliphatic hydroxyl groups is 1. The van der Waals surface area contributed by atoms with E-state index in [0.717, 1.165) is 0 Å². The average Bonchev–Trinajstić information content (AvgIpc) is 2.88. The van der Waals surface area contributed by atoms with Gasteiger partial charge in [-0.3, -0.25) is 0 Å². The Labute approximate surface area is 85.9 Å². The number of hydrogen-bond donors (Lipinski definition) is 2. The molecule has 0 aromatic heterocycles. The highest BCUT2D eigenvalue weighted by molar-refractivity contribution is 5.94. The minimum atomic E-state index is -1.09. The van der Waals surface area contributed by atoms with E-state index in [0.29, 0.717) is 6.61 Å². The van der Waals surface area contributed by atoms with Crippen LogP contribution in [-0.2, 0) is 14.3 Å². The summed E-state index contributed by atoms with van der Waals surface area (Å²) < 4.78 is 9.87. The quantitative estimate of drug-likeness (QED) is 0.528. The summed E-state index contributed by atoms with van der Waals surface area (Å²) in [6.45, 7) is 0.871. The monoisotopic (exact) mass is 210 g/mol. The summed E-state index contributed by atoms with van der Waals surface area (Å²) in [4.78, 5) is 10.7. The molecule has 5 nitrogen and oxygen atoms in total. The number of carbonyl (C=O) groups is 1. The second-order valence-electron chi connectivity index (χ2n) is 3.23. The van der Waals surface area contributed by atoms with Gasteiger partial charge in [0, 0.05) is 0 Å². The van der Waals surface area contributed by atoms with Crippen LogP contribution in [0.2, 0.25) is 0 Å². The first kappa shape index (κ1) is 9.79. The molecule has 1 fully saturated rings. The zero-order valence-corrected chi connectivity index (χ0v) is 7.84. The molecule has 15 heavy (non-hydrogen) atoms. The van der Waals surface area contributed by atoms with Crippen LogP contribution in [-0.4, -0.2) is 35.5 Å². The zero-order chi connectivity index (χ0) is 10.8. The van der Waals surface area contributed by atoms with Crippen molar-refractivity contribution in [1.82, 2.24) is 0 Å². The van der Waals surface area contributed by atoms with Gasteiger partial charge in [0.2, 0.25) is 0 Å². The van der Waals surface area contributed by atoms with Crippen molar-refractivity contribution in [1.29, 1.82) is 0 Å². The molecule has 1 saturated heterocycles. The Morgan fingerprint density at radius 2 is 2.33 bits per heavy atom. The standard InChI is InChI=1S/C10H10O5/c11-9(12)7-2-1-3-8(7)10(13)15-5-6-4-14-6/h1-3,6,13H,4-5H2,(H,11,12)/b10-8+. The van der Waals surface area contributed by atoms with Crippen molar-refractivity contribution in [3.63, 3.8) is 0 Å². The maximum Gasteiger partial charge on any atom is 0.336 e. The molecule has 0 aromatic rings. The second-order valence-corrected chi connectivity index (χ2v) is 3.23. The topological polar surface area (TPSA) is 79.3 Å². The third kappa shape index (κ3) is 2.19. The van der Waals surface area contributed by atoms with Gasteiger partial charge in [0.05, 0.1) is 17.8 Å². The van der Waals surface area contributed by atoms with Crippen LogP contribution in [0.5, 0.6) is 0 Å². The van der Waals surface area contributed by atoms with Crippen molar-refractivity contribution >= 4 is 5.97 Å². The normalized spacial score (nSPS) is 26.1. The molecular formula is C10H10O5. The molecule has 0 radical (unpaired) electrons. The molecule has 80 valence electrons. The summed E-state index contributed by atoms with van der Waals surface area (Å²) in [6.07, 6.45) is 4.47. The Bertz CT molecular complexity index is 373. The number of allylic oxidation sites excluding steroid dienone is 3. The number of carboxylic acids is 1. The molecule has 5 heteroatoms. The lowest BCUT2D eigenvalue weighted by Crippen LogP contribution is -2.07. The van der Waals surface area contributed by atoms with E-state index < -0.39 is 5.97 Å². The van der Waals surface area contributed by atoms with Crippen molar-refractivity contribution in [3.05, 3.63) is 35.3 Å². The van der Waals surface area contributed by atoms with Crippen molar-refractivity contribution in [3.8, 4) is 0 Å². The number of rotatable bonds is 4. The molecule has 1 aliphatic heterocycles. The van der Waals surface area contributed by atoms with Crippen molar-refractivity contribution in [2.24, 2.45) is 0 Å². The number of hydrogen-bond acceptors (Lipinski definition) is 4. The minimum absolute atomic E-state index is 0.0235. The third-order valence-electron chi connectivity index (χ3n) is 2.09. The van der Waals surface area contributed by atoms with Gasteiger partial charge < -0.3 is 19.7 Å². The summed E-state index contributed by atoms with van der Waals surface area (Å²) in [5, 5.41) is 18.3. The van der Waals surface area contributed by atoms with Gasteiger partial charge in [0.15, 0.2) is 0 Å². The van der Waals surface area contributed by atoms with E-state index >= 15 is 0 Å². The van der Waals surface area contributed by atoms with E-state index in [1.54, 1.807) is 6.08 Å². The maximum absolute atomic E-state index is 10.7. The highest BCUT2D eigenvalue weighted by Gasteiger charge is 2.25. The molecular weight excluding hydrogens is 200 g/mol. The molecule has 0 spiro atoms. The molecule has 1 unspecified atom stereocenters. The number of carboxylic acid groups (broad SMARTS) is 1. The fourth-order valence-corrected chi connectivity index (χ4v) is 1.21. The van der Waals surface area contributed by atoms with E-state index in [-0.39, 0.29) is 29.8 Å². The predicted octanol–water partition coefficient (Wildman–Crippen LogP) is 0.752. The van der Waals surface area contributed by atoms with Gasteiger partial charge in [-0.1, -0.05) is 6.08 Å². The fourth-order valence-electron chi connectivity index (χ4n) is 1.21. The van der Waals surface area contributed by atoms with Crippen molar-refractivity contribution in [2.75, 3.05) is 13.2 Å². The van der Waals surface area contributed by atoms with Crippen LogP contribution in [0.3, 0.4) is 0 Å². The third-order valence-corrected chi connectivity index (χ3v) is 2.09. The Morgan fingerprint density at radius 1 is 1.60 bits per heavy atom. The molecule has 2 N–H and O–H groups in total. The van der Waals surface area contributed by atoms with E-state index in [1.807, 2.05) is 0 Å². The van der Waals surface area contributed by atoms with E-state index in [1.165, 1.54) is 12.2 Å². The Morgan fingerprint density at radius 3 is 2.93 bits per heavy atom. The highest BCUT2D eigenvalue weighted by atomic mass is 16.6. The average molecular weight is 210 g/mol.